The maximum atomic E-state index is 13.2. The Labute approximate surface area is 181 Å². The molecule has 6 nitrogen and oxygen atoms in total. The highest BCUT2D eigenvalue weighted by atomic mass is 35.5. The number of hydrogen-bond acceptors (Lipinski definition) is 4. The number of benzene rings is 2. The monoisotopic (exact) mass is 458 g/mol. The van der Waals surface area contributed by atoms with Crippen LogP contribution in [-0.4, -0.2) is 40.1 Å². The van der Waals surface area contributed by atoms with Crippen molar-refractivity contribution in [2.24, 2.45) is 0 Å². The van der Waals surface area contributed by atoms with Gasteiger partial charge in [-0.1, -0.05) is 41.4 Å². The van der Waals surface area contributed by atoms with Gasteiger partial charge in [-0.25, -0.2) is 8.42 Å². The van der Waals surface area contributed by atoms with Crippen LogP contribution in [0.3, 0.4) is 0 Å². The molecule has 158 valence electrons. The molecule has 0 saturated heterocycles. The Morgan fingerprint density at radius 2 is 1.79 bits per heavy atom. The molecule has 9 heteroatoms. The summed E-state index contributed by atoms with van der Waals surface area (Å²) in [4.78, 5) is 12.5. The van der Waals surface area contributed by atoms with Crippen LogP contribution in [0.25, 0.3) is 0 Å². The molecule has 1 N–H and O–H groups in total. The second-order valence-corrected chi connectivity index (χ2v) is 9.22. The minimum Gasteiger partial charge on any atom is -0.379 e. The quantitative estimate of drug-likeness (QED) is 0.543. The first-order valence-electron chi connectivity index (χ1n) is 9.13. The molecule has 0 radical (unpaired) electrons. The molecule has 0 fully saturated rings. The van der Waals surface area contributed by atoms with E-state index in [0.717, 1.165) is 4.31 Å². The largest absolute Gasteiger partial charge is 0.379 e. The lowest BCUT2D eigenvalue weighted by molar-refractivity contribution is -0.119. The van der Waals surface area contributed by atoms with Gasteiger partial charge in [0.25, 0.3) is 10.0 Å². The van der Waals surface area contributed by atoms with Gasteiger partial charge < -0.3 is 10.1 Å². The zero-order valence-corrected chi connectivity index (χ0v) is 18.6. The standard InChI is InChI=1S/C20H24Cl2N2O4S/c1-15(2)28-12-6-11-23-20(25)14-24(16-9-10-18(21)19(22)13-16)29(26,27)17-7-4-3-5-8-17/h3-5,7-10,13,15H,6,11-12,14H2,1-2H3,(H,23,25). The van der Waals surface area contributed by atoms with E-state index in [2.05, 4.69) is 5.32 Å². The number of nitrogens with one attached hydrogen (secondary N) is 1. The van der Waals surface area contributed by atoms with Crippen LogP contribution in [0.1, 0.15) is 20.3 Å². The summed E-state index contributed by atoms with van der Waals surface area (Å²) in [5.41, 5.74) is 0.251. The highest BCUT2D eigenvalue weighted by Gasteiger charge is 2.27. The Morgan fingerprint density at radius 3 is 2.41 bits per heavy atom. The van der Waals surface area contributed by atoms with Gasteiger partial charge in [-0.3, -0.25) is 9.10 Å². The maximum absolute atomic E-state index is 13.2. The average molecular weight is 459 g/mol. The van der Waals surface area contributed by atoms with Crippen molar-refractivity contribution in [1.29, 1.82) is 0 Å². The number of ether oxygens (including phenoxy) is 1. The van der Waals surface area contributed by atoms with E-state index in [-0.39, 0.29) is 28.3 Å². The normalized spacial score (nSPS) is 11.5. The Bertz CT molecular complexity index is 921. The summed E-state index contributed by atoms with van der Waals surface area (Å²) in [6.07, 6.45) is 0.745. The van der Waals surface area contributed by atoms with Crippen LogP contribution in [0.2, 0.25) is 10.0 Å². The van der Waals surface area contributed by atoms with E-state index < -0.39 is 15.9 Å². The number of sulfonamides is 1. The zero-order valence-electron chi connectivity index (χ0n) is 16.3. The van der Waals surface area contributed by atoms with Crippen LogP contribution in [-0.2, 0) is 19.6 Å². The highest BCUT2D eigenvalue weighted by molar-refractivity contribution is 7.92. The molecule has 0 saturated carbocycles. The van der Waals surface area contributed by atoms with Gasteiger partial charge >= 0.3 is 0 Å². The predicted octanol–water partition coefficient (Wildman–Crippen LogP) is 4.12. The van der Waals surface area contributed by atoms with Gasteiger partial charge in [-0.2, -0.15) is 0 Å². The summed E-state index contributed by atoms with van der Waals surface area (Å²) in [7, 11) is -3.98. The number of rotatable bonds is 10. The summed E-state index contributed by atoms with van der Waals surface area (Å²) < 4.78 is 32.8. The molecule has 0 aromatic heterocycles. The lowest BCUT2D eigenvalue weighted by Gasteiger charge is -2.24. The van der Waals surface area contributed by atoms with E-state index in [0.29, 0.717) is 24.6 Å². The van der Waals surface area contributed by atoms with Crippen molar-refractivity contribution in [3.63, 3.8) is 0 Å². The Morgan fingerprint density at radius 1 is 1.10 bits per heavy atom. The molecule has 2 aromatic carbocycles. The summed E-state index contributed by atoms with van der Waals surface area (Å²) in [6, 6.07) is 12.3. The number of halogens is 2. The van der Waals surface area contributed by atoms with Gasteiger partial charge in [-0.05, 0) is 50.6 Å². The van der Waals surface area contributed by atoms with Crippen LogP contribution < -0.4 is 9.62 Å². The van der Waals surface area contributed by atoms with Crippen molar-refractivity contribution in [2.75, 3.05) is 24.0 Å². The fourth-order valence-electron chi connectivity index (χ4n) is 2.48. The van der Waals surface area contributed by atoms with E-state index >= 15 is 0 Å². The summed E-state index contributed by atoms with van der Waals surface area (Å²) >= 11 is 12.0. The first kappa shape index (κ1) is 23.5. The van der Waals surface area contributed by atoms with Crippen molar-refractivity contribution in [1.82, 2.24) is 5.32 Å². The average Bonchev–Trinajstić information content (AvgIpc) is 2.68. The van der Waals surface area contributed by atoms with Crippen molar-refractivity contribution < 1.29 is 17.9 Å². The third-order valence-electron chi connectivity index (χ3n) is 3.90. The first-order valence-corrected chi connectivity index (χ1v) is 11.3. The van der Waals surface area contributed by atoms with Crippen LogP contribution >= 0.6 is 23.2 Å². The second kappa shape index (κ2) is 10.8. The van der Waals surface area contributed by atoms with Gasteiger partial charge in [0.05, 0.1) is 26.7 Å². The van der Waals surface area contributed by atoms with Gasteiger partial charge in [0.2, 0.25) is 5.91 Å². The van der Waals surface area contributed by atoms with Crippen molar-refractivity contribution in [3.8, 4) is 0 Å². The van der Waals surface area contributed by atoms with Gasteiger partial charge in [0, 0.05) is 13.2 Å². The van der Waals surface area contributed by atoms with Crippen LogP contribution in [0.4, 0.5) is 5.69 Å². The molecule has 1 amide bonds. The second-order valence-electron chi connectivity index (χ2n) is 6.55. The molecule has 0 aliphatic heterocycles. The Kier molecular flexibility index (Phi) is 8.77. The zero-order chi connectivity index (χ0) is 21.4. The molecule has 0 heterocycles. The molecule has 0 unspecified atom stereocenters. The van der Waals surface area contributed by atoms with E-state index in [1.54, 1.807) is 18.2 Å². The van der Waals surface area contributed by atoms with Crippen LogP contribution in [0.15, 0.2) is 53.4 Å². The van der Waals surface area contributed by atoms with E-state index in [1.165, 1.54) is 30.3 Å². The number of anilines is 1. The maximum Gasteiger partial charge on any atom is 0.264 e. The SMILES string of the molecule is CC(C)OCCCNC(=O)CN(c1ccc(Cl)c(Cl)c1)S(=O)(=O)c1ccccc1. The van der Waals surface area contributed by atoms with E-state index in [1.807, 2.05) is 13.8 Å². The molecule has 29 heavy (non-hydrogen) atoms. The van der Waals surface area contributed by atoms with Crippen LogP contribution in [0.5, 0.6) is 0 Å². The van der Waals surface area contributed by atoms with Crippen LogP contribution in [0, 0.1) is 0 Å². The molecular weight excluding hydrogens is 435 g/mol. The van der Waals surface area contributed by atoms with E-state index in [4.69, 9.17) is 27.9 Å². The molecule has 2 rings (SSSR count). The van der Waals surface area contributed by atoms with Crippen molar-refractivity contribution in [2.45, 2.75) is 31.3 Å². The molecule has 0 aliphatic rings. The number of amides is 1. The third-order valence-corrected chi connectivity index (χ3v) is 6.43. The van der Waals surface area contributed by atoms with Crippen molar-refractivity contribution >= 4 is 44.8 Å². The fraction of sp³-hybridized carbons (Fsp3) is 0.350. The predicted molar refractivity (Wildman–Crippen MR) is 116 cm³/mol. The summed E-state index contributed by atoms with van der Waals surface area (Å²) in [5, 5.41) is 3.21. The number of hydrogen-bond donors (Lipinski definition) is 1. The minimum atomic E-state index is -3.98. The fourth-order valence-corrected chi connectivity index (χ4v) is 4.21. The summed E-state index contributed by atoms with van der Waals surface area (Å²) in [6.45, 7) is 4.37. The first-order chi connectivity index (χ1) is 13.7. The molecule has 0 spiro atoms. The van der Waals surface area contributed by atoms with Gasteiger partial charge in [0.15, 0.2) is 0 Å². The Hall–Kier alpha value is -1.80. The summed E-state index contributed by atoms with van der Waals surface area (Å²) in [5.74, 6) is -0.430. The van der Waals surface area contributed by atoms with Crippen molar-refractivity contribution in [3.05, 3.63) is 58.6 Å². The number of nitrogens with zero attached hydrogens (tertiary/aromatic N) is 1. The third kappa shape index (κ3) is 6.89. The van der Waals surface area contributed by atoms with E-state index in [9.17, 15) is 13.2 Å². The molecule has 0 bridgehead atoms. The van der Waals surface area contributed by atoms with Gasteiger partial charge in [0.1, 0.15) is 6.54 Å². The molecule has 0 aliphatic carbocycles. The molecular formula is C20H24Cl2N2O4S. The number of carbonyl (C=O) groups is 1. The Balaban J connectivity index is 2.19. The lowest BCUT2D eigenvalue weighted by atomic mass is 10.3. The highest BCUT2D eigenvalue weighted by Crippen LogP contribution is 2.30. The number of carbonyl (C=O) groups excluding carboxylic acids is 1. The van der Waals surface area contributed by atoms with Gasteiger partial charge in [-0.15, -0.1) is 0 Å². The minimum absolute atomic E-state index is 0.0733. The molecule has 2 aromatic rings. The molecule has 0 atom stereocenters. The lowest BCUT2D eigenvalue weighted by Crippen LogP contribution is -2.41. The smallest absolute Gasteiger partial charge is 0.264 e. The topological polar surface area (TPSA) is 75.7 Å².